The molecule has 0 saturated heterocycles. The molecular weight excluding hydrogens is 314 g/mol. The molecular formula is C21H21NO3. The molecule has 4 heteroatoms. The minimum absolute atomic E-state index is 0.0425. The Hall–Kier alpha value is -2.88. The van der Waals surface area contributed by atoms with Crippen molar-refractivity contribution in [3.05, 3.63) is 71.0 Å². The van der Waals surface area contributed by atoms with Gasteiger partial charge in [-0.1, -0.05) is 29.8 Å². The molecule has 1 N–H and O–H groups in total. The fraction of sp³-hybridized carbons (Fsp3) is 0.238. The van der Waals surface area contributed by atoms with E-state index < -0.39 is 0 Å². The van der Waals surface area contributed by atoms with E-state index in [2.05, 4.69) is 4.99 Å². The van der Waals surface area contributed by atoms with Crippen LogP contribution >= 0.6 is 0 Å². The van der Waals surface area contributed by atoms with Gasteiger partial charge in [0.15, 0.2) is 5.78 Å². The van der Waals surface area contributed by atoms with Crippen LogP contribution in [0.3, 0.4) is 0 Å². The summed E-state index contributed by atoms with van der Waals surface area (Å²) < 4.78 is 5.24. The van der Waals surface area contributed by atoms with Crippen LogP contribution in [-0.2, 0) is 4.79 Å². The number of carbonyl (C=O) groups excluding carboxylic acids is 1. The largest absolute Gasteiger partial charge is 0.511 e. The molecule has 0 radical (unpaired) electrons. The van der Waals surface area contributed by atoms with Crippen molar-refractivity contribution in [2.24, 2.45) is 4.99 Å². The maximum atomic E-state index is 12.5. The lowest BCUT2D eigenvalue weighted by Gasteiger charge is -2.22. The first-order valence-corrected chi connectivity index (χ1v) is 8.27. The van der Waals surface area contributed by atoms with Crippen LogP contribution in [0.25, 0.3) is 0 Å². The molecule has 0 amide bonds. The van der Waals surface area contributed by atoms with E-state index in [4.69, 9.17) is 4.74 Å². The number of rotatable bonds is 4. The van der Waals surface area contributed by atoms with Crippen molar-refractivity contribution in [2.75, 3.05) is 7.11 Å². The summed E-state index contributed by atoms with van der Waals surface area (Å²) in [5, 5.41) is 10.4. The number of ketones is 1. The Kier molecular flexibility index (Phi) is 4.98. The molecule has 25 heavy (non-hydrogen) atoms. The van der Waals surface area contributed by atoms with E-state index in [0.717, 1.165) is 22.6 Å². The lowest BCUT2D eigenvalue weighted by Crippen LogP contribution is -2.19. The fourth-order valence-electron chi connectivity index (χ4n) is 2.96. The third kappa shape index (κ3) is 3.97. The summed E-state index contributed by atoms with van der Waals surface area (Å²) in [4.78, 5) is 16.8. The Labute approximate surface area is 147 Å². The van der Waals surface area contributed by atoms with Crippen molar-refractivity contribution in [3.8, 4) is 5.75 Å². The third-order valence-corrected chi connectivity index (χ3v) is 4.42. The van der Waals surface area contributed by atoms with E-state index in [1.807, 2.05) is 55.5 Å². The van der Waals surface area contributed by atoms with Gasteiger partial charge < -0.3 is 9.84 Å². The van der Waals surface area contributed by atoms with E-state index in [1.165, 1.54) is 6.21 Å². The van der Waals surface area contributed by atoms with Crippen molar-refractivity contribution in [2.45, 2.75) is 25.7 Å². The van der Waals surface area contributed by atoms with Crippen molar-refractivity contribution >= 4 is 17.7 Å². The number of aliphatic hydroxyl groups excluding tert-OH is 1. The van der Waals surface area contributed by atoms with Crippen LogP contribution < -0.4 is 4.74 Å². The van der Waals surface area contributed by atoms with E-state index in [9.17, 15) is 9.90 Å². The standard InChI is InChI=1S/C21H21NO3/c1-14-6-8-17(9-7-14)22-13-19-20(23)11-16(12-21(19)24)15-4-3-5-18(10-15)25-2/h3-10,13,16,23H,11-12H2,1-2H3. The summed E-state index contributed by atoms with van der Waals surface area (Å²) in [6.07, 6.45) is 2.25. The van der Waals surface area contributed by atoms with Gasteiger partial charge in [-0.2, -0.15) is 0 Å². The number of nitrogens with zero attached hydrogens (tertiary/aromatic N) is 1. The summed E-state index contributed by atoms with van der Waals surface area (Å²) in [5.41, 5.74) is 3.21. The third-order valence-electron chi connectivity index (χ3n) is 4.42. The van der Waals surface area contributed by atoms with Crippen molar-refractivity contribution < 1.29 is 14.6 Å². The van der Waals surface area contributed by atoms with Crippen LogP contribution in [-0.4, -0.2) is 24.2 Å². The molecule has 0 spiro atoms. The Bertz CT molecular complexity index is 834. The zero-order valence-electron chi connectivity index (χ0n) is 14.4. The lowest BCUT2D eigenvalue weighted by atomic mass is 9.83. The second-order valence-electron chi connectivity index (χ2n) is 6.26. The first-order chi connectivity index (χ1) is 12.1. The summed E-state index contributed by atoms with van der Waals surface area (Å²) in [6.45, 7) is 2.01. The molecule has 1 unspecified atom stereocenters. The number of hydrogen-bond donors (Lipinski definition) is 1. The minimum Gasteiger partial charge on any atom is -0.511 e. The average Bonchev–Trinajstić information content (AvgIpc) is 2.62. The number of allylic oxidation sites excluding steroid dienone is 2. The predicted molar refractivity (Wildman–Crippen MR) is 99.0 cm³/mol. The number of aryl methyl sites for hydroxylation is 1. The Balaban J connectivity index is 1.80. The quantitative estimate of drug-likeness (QED) is 0.826. The van der Waals surface area contributed by atoms with Gasteiger partial charge in [0.1, 0.15) is 11.5 Å². The summed E-state index contributed by atoms with van der Waals surface area (Å²) >= 11 is 0. The monoisotopic (exact) mass is 335 g/mol. The number of ether oxygens (including phenoxy) is 1. The van der Waals surface area contributed by atoms with E-state index in [-0.39, 0.29) is 17.5 Å². The van der Waals surface area contributed by atoms with Gasteiger partial charge in [-0.15, -0.1) is 0 Å². The van der Waals surface area contributed by atoms with Crippen LogP contribution in [0.4, 0.5) is 5.69 Å². The maximum absolute atomic E-state index is 12.5. The normalized spacial score (nSPS) is 18.0. The Morgan fingerprint density at radius 1 is 1.16 bits per heavy atom. The number of benzene rings is 2. The molecule has 3 rings (SSSR count). The van der Waals surface area contributed by atoms with E-state index >= 15 is 0 Å². The van der Waals surface area contributed by atoms with Crippen LogP contribution in [0.5, 0.6) is 5.75 Å². The Morgan fingerprint density at radius 2 is 1.92 bits per heavy atom. The van der Waals surface area contributed by atoms with Gasteiger partial charge in [0.25, 0.3) is 0 Å². The SMILES string of the molecule is COc1cccc(C2CC(=O)C(C=Nc3ccc(C)cc3)=C(O)C2)c1. The molecule has 2 aromatic rings. The van der Waals surface area contributed by atoms with Gasteiger partial charge in [0, 0.05) is 19.1 Å². The molecule has 4 nitrogen and oxygen atoms in total. The molecule has 1 atom stereocenters. The average molecular weight is 335 g/mol. The summed E-state index contributed by atoms with van der Waals surface area (Å²) in [5.74, 6) is 0.714. The summed E-state index contributed by atoms with van der Waals surface area (Å²) in [7, 11) is 1.61. The molecule has 128 valence electrons. The zero-order chi connectivity index (χ0) is 17.8. The van der Waals surface area contributed by atoms with Crippen molar-refractivity contribution in [1.29, 1.82) is 0 Å². The molecule has 0 saturated carbocycles. The van der Waals surface area contributed by atoms with Crippen LogP contribution in [0.1, 0.15) is 29.9 Å². The number of carbonyl (C=O) groups is 1. The van der Waals surface area contributed by atoms with Crippen LogP contribution in [0.15, 0.2) is 64.9 Å². The smallest absolute Gasteiger partial charge is 0.168 e. The predicted octanol–water partition coefficient (Wildman–Crippen LogP) is 4.66. The van der Waals surface area contributed by atoms with Crippen LogP contribution in [0, 0.1) is 6.92 Å². The van der Waals surface area contributed by atoms with Crippen LogP contribution in [0.2, 0.25) is 0 Å². The number of Topliss-reactive ketones (excluding diaryl/α,β-unsaturated/α-hetero) is 1. The highest BCUT2D eigenvalue weighted by atomic mass is 16.5. The molecule has 2 aromatic carbocycles. The number of methoxy groups -OCH3 is 1. The number of aliphatic hydroxyl groups is 1. The van der Waals surface area contributed by atoms with Gasteiger partial charge in [-0.25, -0.2) is 0 Å². The van der Waals surface area contributed by atoms with Gasteiger partial charge in [-0.05, 0) is 42.7 Å². The van der Waals surface area contributed by atoms with E-state index in [1.54, 1.807) is 7.11 Å². The van der Waals surface area contributed by atoms with Gasteiger partial charge in [0.05, 0.1) is 18.4 Å². The zero-order valence-corrected chi connectivity index (χ0v) is 14.4. The first-order valence-electron chi connectivity index (χ1n) is 8.27. The Morgan fingerprint density at radius 3 is 2.60 bits per heavy atom. The molecule has 0 heterocycles. The van der Waals surface area contributed by atoms with E-state index in [0.29, 0.717) is 18.4 Å². The fourth-order valence-corrected chi connectivity index (χ4v) is 2.96. The molecule has 0 bridgehead atoms. The van der Waals surface area contributed by atoms with Gasteiger partial charge in [-0.3, -0.25) is 9.79 Å². The van der Waals surface area contributed by atoms with Crippen molar-refractivity contribution in [3.63, 3.8) is 0 Å². The molecule has 0 aromatic heterocycles. The maximum Gasteiger partial charge on any atom is 0.168 e. The highest BCUT2D eigenvalue weighted by Crippen LogP contribution is 2.34. The molecule has 0 aliphatic heterocycles. The minimum atomic E-state index is -0.0903. The summed E-state index contributed by atoms with van der Waals surface area (Å²) in [6, 6.07) is 15.3. The van der Waals surface area contributed by atoms with Crippen molar-refractivity contribution in [1.82, 2.24) is 0 Å². The van der Waals surface area contributed by atoms with Gasteiger partial charge in [0.2, 0.25) is 0 Å². The topological polar surface area (TPSA) is 58.9 Å². The van der Waals surface area contributed by atoms with Gasteiger partial charge >= 0.3 is 0 Å². The molecule has 1 aliphatic rings. The number of aliphatic imine (C=N–C) groups is 1. The highest BCUT2D eigenvalue weighted by molar-refractivity contribution is 6.15. The molecule has 1 aliphatic carbocycles. The second kappa shape index (κ2) is 7.34. The first kappa shape index (κ1) is 17.0. The molecule has 0 fully saturated rings. The highest BCUT2D eigenvalue weighted by Gasteiger charge is 2.28. The number of hydrogen-bond acceptors (Lipinski definition) is 4. The lowest BCUT2D eigenvalue weighted by molar-refractivity contribution is -0.116. The second-order valence-corrected chi connectivity index (χ2v) is 6.26.